The third-order valence-electron chi connectivity index (χ3n) is 5.13. The van der Waals surface area contributed by atoms with Crippen LogP contribution in [0.5, 0.6) is 0 Å². The highest BCUT2D eigenvalue weighted by atomic mass is 79.9. The lowest BCUT2D eigenvalue weighted by Gasteiger charge is -2.31. The van der Waals surface area contributed by atoms with Gasteiger partial charge in [-0.3, -0.25) is 24.0 Å². The normalized spacial score (nSPS) is 12.2. The number of halogens is 1. The highest BCUT2D eigenvalue weighted by molar-refractivity contribution is 9.10. The van der Waals surface area contributed by atoms with E-state index in [1.807, 2.05) is 13.8 Å². The monoisotopic (exact) mass is 568 g/mol. The minimum Gasteiger partial charge on any atom is -0.354 e. The Hall–Kier alpha value is -2.99. The molecule has 0 aliphatic rings. The zero-order chi connectivity index (χ0) is 26.3. The van der Waals surface area contributed by atoms with Gasteiger partial charge >= 0.3 is 0 Å². The van der Waals surface area contributed by atoms with Crippen LogP contribution >= 0.6 is 15.9 Å². The van der Waals surface area contributed by atoms with Crippen LogP contribution in [-0.4, -0.2) is 55.4 Å². The topological polar surface area (TPSA) is 130 Å². The summed E-state index contributed by atoms with van der Waals surface area (Å²) in [6.07, 6.45) is 0.914. The molecule has 0 aromatic heterocycles. The minimum absolute atomic E-state index is 0.0180. The number of non-ortho nitro benzene ring substituents is 1. The first-order chi connectivity index (χ1) is 16.3. The molecule has 2 aromatic rings. The first-order valence-electron chi connectivity index (χ1n) is 10.8. The van der Waals surface area contributed by atoms with Crippen molar-refractivity contribution in [3.8, 4) is 0 Å². The summed E-state index contributed by atoms with van der Waals surface area (Å²) in [5.41, 5.74) is 0.415. The van der Waals surface area contributed by atoms with Gasteiger partial charge in [-0.2, -0.15) is 0 Å². The van der Waals surface area contributed by atoms with E-state index >= 15 is 0 Å². The van der Waals surface area contributed by atoms with Crippen LogP contribution in [0.4, 0.5) is 11.4 Å². The molecule has 0 fully saturated rings. The molecular formula is C23H29BrN4O6S. The average Bonchev–Trinajstić information content (AvgIpc) is 2.79. The van der Waals surface area contributed by atoms with Crippen molar-refractivity contribution in [2.24, 2.45) is 5.92 Å². The van der Waals surface area contributed by atoms with Gasteiger partial charge in [0.05, 0.1) is 16.9 Å². The fraction of sp³-hybridized carbons (Fsp3) is 0.391. The van der Waals surface area contributed by atoms with Gasteiger partial charge < -0.3 is 10.2 Å². The smallest absolute Gasteiger partial charge is 0.271 e. The molecule has 0 bridgehead atoms. The predicted molar refractivity (Wildman–Crippen MR) is 137 cm³/mol. The van der Waals surface area contributed by atoms with E-state index in [4.69, 9.17) is 0 Å². The van der Waals surface area contributed by atoms with E-state index in [2.05, 4.69) is 21.2 Å². The molecule has 0 heterocycles. The Morgan fingerprint density at radius 2 is 1.74 bits per heavy atom. The molecule has 0 unspecified atom stereocenters. The standard InChI is InChI=1S/C23H29BrN4O6S/c1-16(2)13-25-23(30)17(3)26(14-18-8-10-19(24)11-9-18)22(29)15-27(35(4,33)34)20-6-5-7-21(12-20)28(31)32/h5-12,16-17H,13-15H2,1-4H3,(H,25,30)/t17-/m1/s1. The van der Waals surface area contributed by atoms with Gasteiger partial charge in [0.2, 0.25) is 21.8 Å². The molecule has 190 valence electrons. The van der Waals surface area contributed by atoms with Gasteiger partial charge in [0.15, 0.2) is 0 Å². The third-order valence-corrected chi connectivity index (χ3v) is 6.79. The first kappa shape index (κ1) is 28.2. The molecule has 0 saturated carbocycles. The van der Waals surface area contributed by atoms with Crippen molar-refractivity contribution in [3.05, 3.63) is 68.7 Å². The fourth-order valence-electron chi connectivity index (χ4n) is 3.20. The first-order valence-corrected chi connectivity index (χ1v) is 13.5. The fourth-order valence-corrected chi connectivity index (χ4v) is 4.30. The average molecular weight is 569 g/mol. The molecule has 0 spiro atoms. The van der Waals surface area contributed by atoms with Crippen molar-refractivity contribution in [2.75, 3.05) is 23.7 Å². The lowest BCUT2D eigenvalue weighted by atomic mass is 10.1. The third kappa shape index (κ3) is 8.32. The molecule has 0 radical (unpaired) electrons. The SMILES string of the molecule is CC(C)CNC(=O)[C@@H](C)N(Cc1ccc(Br)cc1)C(=O)CN(c1cccc([N+](=O)[O-])c1)S(C)(=O)=O. The summed E-state index contributed by atoms with van der Waals surface area (Å²) >= 11 is 3.36. The number of carbonyl (C=O) groups is 2. The van der Waals surface area contributed by atoms with E-state index in [0.29, 0.717) is 6.54 Å². The van der Waals surface area contributed by atoms with E-state index in [9.17, 15) is 28.1 Å². The summed E-state index contributed by atoms with van der Waals surface area (Å²) in [6, 6.07) is 11.3. The Kier molecular flexibility index (Phi) is 9.78. The lowest BCUT2D eigenvalue weighted by Crippen LogP contribution is -2.51. The summed E-state index contributed by atoms with van der Waals surface area (Å²) in [6.45, 7) is 5.32. The highest BCUT2D eigenvalue weighted by Crippen LogP contribution is 2.24. The van der Waals surface area contributed by atoms with E-state index in [-0.39, 0.29) is 29.7 Å². The van der Waals surface area contributed by atoms with Crippen LogP contribution in [0.15, 0.2) is 53.0 Å². The molecule has 2 amide bonds. The second-order valence-corrected chi connectivity index (χ2v) is 11.3. The number of nitrogens with zero attached hydrogens (tertiary/aromatic N) is 3. The molecule has 1 atom stereocenters. The zero-order valence-corrected chi connectivity index (χ0v) is 22.4. The van der Waals surface area contributed by atoms with Gasteiger partial charge in [-0.1, -0.05) is 48.0 Å². The number of rotatable bonds is 11. The molecule has 1 N–H and O–H groups in total. The van der Waals surface area contributed by atoms with Crippen LogP contribution in [0.3, 0.4) is 0 Å². The van der Waals surface area contributed by atoms with Crippen molar-refractivity contribution in [2.45, 2.75) is 33.4 Å². The minimum atomic E-state index is -3.98. The van der Waals surface area contributed by atoms with Crippen LogP contribution in [0.25, 0.3) is 0 Å². The Balaban J connectivity index is 2.39. The number of carbonyl (C=O) groups excluding carboxylic acids is 2. The zero-order valence-electron chi connectivity index (χ0n) is 20.0. The number of sulfonamides is 1. The summed E-state index contributed by atoms with van der Waals surface area (Å²) in [5, 5.41) is 14.0. The maximum absolute atomic E-state index is 13.4. The van der Waals surface area contributed by atoms with Crippen molar-refractivity contribution in [1.29, 1.82) is 0 Å². The highest BCUT2D eigenvalue weighted by Gasteiger charge is 2.30. The molecular weight excluding hydrogens is 540 g/mol. The van der Waals surface area contributed by atoms with Crippen LogP contribution < -0.4 is 9.62 Å². The van der Waals surface area contributed by atoms with Gasteiger partial charge in [-0.25, -0.2) is 8.42 Å². The van der Waals surface area contributed by atoms with Gasteiger partial charge in [-0.15, -0.1) is 0 Å². The van der Waals surface area contributed by atoms with Crippen LogP contribution in [-0.2, 0) is 26.2 Å². The van der Waals surface area contributed by atoms with Crippen molar-refractivity contribution in [3.63, 3.8) is 0 Å². The molecule has 0 aliphatic heterocycles. The number of amides is 2. The molecule has 12 heteroatoms. The van der Waals surface area contributed by atoms with Gasteiger partial charge in [0, 0.05) is 29.7 Å². The van der Waals surface area contributed by atoms with Crippen LogP contribution in [0.2, 0.25) is 0 Å². The molecule has 0 aliphatic carbocycles. The Labute approximate surface area is 213 Å². The van der Waals surface area contributed by atoms with Crippen LogP contribution in [0.1, 0.15) is 26.3 Å². The number of benzene rings is 2. The van der Waals surface area contributed by atoms with Crippen molar-refractivity contribution >= 4 is 49.1 Å². The van der Waals surface area contributed by atoms with Gasteiger partial charge in [-0.05, 0) is 36.6 Å². The van der Waals surface area contributed by atoms with E-state index < -0.39 is 33.4 Å². The molecule has 2 aromatic carbocycles. The Bertz CT molecular complexity index is 1170. The Morgan fingerprint density at radius 3 is 2.29 bits per heavy atom. The molecule has 35 heavy (non-hydrogen) atoms. The molecule has 10 nitrogen and oxygen atoms in total. The number of hydrogen-bond donors (Lipinski definition) is 1. The van der Waals surface area contributed by atoms with Gasteiger partial charge in [0.1, 0.15) is 12.6 Å². The number of nitro benzene ring substituents is 1. The number of anilines is 1. The molecule has 0 saturated heterocycles. The van der Waals surface area contributed by atoms with E-state index in [1.54, 1.807) is 31.2 Å². The summed E-state index contributed by atoms with van der Waals surface area (Å²) in [4.78, 5) is 38.1. The number of nitro groups is 1. The maximum Gasteiger partial charge on any atom is 0.271 e. The van der Waals surface area contributed by atoms with Gasteiger partial charge in [0.25, 0.3) is 5.69 Å². The Morgan fingerprint density at radius 1 is 1.11 bits per heavy atom. The van der Waals surface area contributed by atoms with Crippen molar-refractivity contribution < 1.29 is 22.9 Å². The summed E-state index contributed by atoms with van der Waals surface area (Å²) < 4.78 is 26.7. The summed E-state index contributed by atoms with van der Waals surface area (Å²) in [5.74, 6) is -0.793. The van der Waals surface area contributed by atoms with E-state index in [0.717, 1.165) is 26.7 Å². The second-order valence-electron chi connectivity index (χ2n) is 8.51. The predicted octanol–water partition coefficient (Wildman–Crippen LogP) is 3.31. The number of nitrogens with one attached hydrogen (secondary N) is 1. The lowest BCUT2D eigenvalue weighted by molar-refractivity contribution is -0.384. The quantitative estimate of drug-likeness (QED) is 0.327. The number of hydrogen-bond acceptors (Lipinski definition) is 6. The van der Waals surface area contributed by atoms with E-state index in [1.165, 1.54) is 23.1 Å². The summed E-state index contributed by atoms with van der Waals surface area (Å²) in [7, 11) is -3.98. The maximum atomic E-state index is 13.4. The molecule has 2 rings (SSSR count). The van der Waals surface area contributed by atoms with Crippen molar-refractivity contribution in [1.82, 2.24) is 10.2 Å². The van der Waals surface area contributed by atoms with Crippen LogP contribution in [0, 0.1) is 16.0 Å². The second kappa shape index (κ2) is 12.1. The largest absolute Gasteiger partial charge is 0.354 e.